The molecule has 2 aromatic heterocycles. The van der Waals surface area contributed by atoms with E-state index in [-0.39, 0.29) is 0 Å². The molecule has 5 heteroatoms. The van der Waals surface area contributed by atoms with Crippen LogP contribution in [0.3, 0.4) is 0 Å². The van der Waals surface area contributed by atoms with Crippen LogP contribution in [0.25, 0.3) is 11.0 Å². The molecule has 0 amide bonds. The van der Waals surface area contributed by atoms with Gasteiger partial charge in [-0.2, -0.15) is 5.10 Å². The molecule has 0 fully saturated rings. The Morgan fingerprint density at radius 3 is 2.89 bits per heavy atom. The fourth-order valence-electron chi connectivity index (χ4n) is 1.86. The van der Waals surface area contributed by atoms with Crippen LogP contribution >= 0.6 is 0 Å². The van der Waals surface area contributed by atoms with Gasteiger partial charge in [0.1, 0.15) is 0 Å². The average Bonchev–Trinajstić information content (AvgIpc) is 2.78. The predicted molar refractivity (Wildman–Crippen MR) is 76.2 cm³/mol. The minimum Gasteiger partial charge on any atom is -0.312 e. The first-order chi connectivity index (χ1) is 9.34. The molecule has 3 aromatic rings. The van der Waals surface area contributed by atoms with E-state index in [4.69, 9.17) is 0 Å². The van der Waals surface area contributed by atoms with Gasteiger partial charge in [-0.1, -0.05) is 18.2 Å². The summed E-state index contributed by atoms with van der Waals surface area (Å²) in [6.07, 6.45) is 5.20. The Balaban J connectivity index is 1.82. The lowest BCUT2D eigenvalue weighted by Crippen LogP contribution is -1.98. The van der Waals surface area contributed by atoms with E-state index in [2.05, 4.69) is 20.5 Å². The van der Waals surface area contributed by atoms with E-state index in [1.165, 1.54) is 0 Å². The Morgan fingerprint density at radius 2 is 2.11 bits per heavy atom. The number of hydrazone groups is 1. The van der Waals surface area contributed by atoms with E-state index in [0.29, 0.717) is 5.95 Å². The van der Waals surface area contributed by atoms with Gasteiger partial charge in [0.15, 0.2) is 0 Å². The van der Waals surface area contributed by atoms with Gasteiger partial charge < -0.3 is 4.57 Å². The summed E-state index contributed by atoms with van der Waals surface area (Å²) < 4.78 is 1.97. The van der Waals surface area contributed by atoms with Crippen LogP contribution < -0.4 is 5.43 Å². The van der Waals surface area contributed by atoms with Gasteiger partial charge in [0, 0.05) is 25.0 Å². The molecule has 2 heterocycles. The van der Waals surface area contributed by atoms with Crippen molar-refractivity contribution in [2.45, 2.75) is 0 Å². The standard InChI is InChI=1S/C14H13N5/c1-19-13-7-3-2-6-12(13)17-14(19)18-16-10-11-5-4-8-15-9-11/h2-10H,1H3,(H,17,18)/b16-10-. The molecule has 0 radical (unpaired) electrons. The van der Waals surface area contributed by atoms with Gasteiger partial charge in [0.2, 0.25) is 5.95 Å². The minimum atomic E-state index is 0.710. The van der Waals surface area contributed by atoms with Crippen LogP contribution in [-0.4, -0.2) is 20.7 Å². The van der Waals surface area contributed by atoms with E-state index >= 15 is 0 Å². The molecule has 0 saturated carbocycles. The third-order valence-corrected chi connectivity index (χ3v) is 2.85. The van der Waals surface area contributed by atoms with Crippen LogP contribution in [0.1, 0.15) is 5.56 Å². The molecular formula is C14H13N5. The number of para-hydroxylation sites is 2. The van der Waals surface area contributed by atoms with Crippen molar-refractivity contribution in [3.63, 3.8) is 0 Å². The van der Waals surface area contributed by atoms with Crippen molar-refractivity contribution in [3.05, 3.63) is 54.4 Å². The maximum atomic E-state index is 4.47. The molecule has 5 nitrogen and oxygen atoms in total. The Bertz CT molecular complexity index is 715. The summed E-state index contributed by atoms with van der Waals surface area (Å²) in [4.78, 5) is 8.49. The van der Waals surface area contributed by atoms with Crippen molar-refractivity contribution in [2.24, 2.45) is 12.1 Å². The fourth-order valence-corrected chi connectivity index (χ4v) is 1.86. The predicted octanol–water partition coefficient (Wildman–Crippen LogP) is 2.41. The van der Waals surface area contributed by atoms with Gasteiger partial charge in [0.05, 0.1) is 17.2 Å². The lowest BCUT2D eigenvalue weighted by atomic mass is 10.3. The Hall–Kier alpha value is -2.69. The molecule has 0 unspecified atom stereocenters. The van der Waals surface area contributed by atoms with Crippen molar-refractivity contribution in [1.82, 2.24) is 14.5 Å². The SMILES string of the molecule is Cn1c(N/N=C\c2cccnc2)nc2ccccc21. The number of hydrogen-bond donors (Lipinski definition) is 1. The van der Waals surface area contributed by atoms with E-state index in [9.17, 15) is 0 Å². The molecule has 94 valence electrons. The topological polar surface area (TPSA) is 55.1 Å². The Labute approximate surface area is 110 Å². The summed E-state index contributed by atoms with van der Waals surface area (Å²) in [6, 6.07) is 11.8. The second kappa shape index (κ2) is 4.89. The molecule has 19 heavy (non-hydrogen) atoms. The second-order valence-corrected chi connectivity index (χ2v) is 4.14. The van der Waals surface area contributed by atoms with E-state index in [1.54, 1.807) is 18.6 Å². The summed E-state index contributed by atoms with van der Waals surface area (Å²) in [5.41, 5.74) is 5.90. The number of nitrogens with one attached hydrogen (secondary N) is 1. The molecule has 0 bridgehead atoms. The van der Waals surface area contributed by atoms with Crippen LogP contribution in [-0.2, 0) is 7.05 Å². The smallest absolute Gasteiger partial charge is 0.224 e. The Kier molecular flexibility index (Phi) is 2.94. The fraction of sp³-hybridized carbons (Fsp3) is 0.0714. The van der Waals surface area contributed by atoms with E-state index in [1.807, 2.05) is 48.0 Å². The molecular weight excluding hydrogens is 238 g/mol. The number of anilines is 1. The van der Waals surface area contributed by atoms with Gasteiger partial charge in [-0.3, -0.25) is 4.98 Å². The number of imidazole rings is 1. The van der Waals surface area contributed by atoms with Gasteiger partial charge in [-0.05, 0) is 18.2 Å². The second-order valence-electron chi connectivity index (χ2n) is 4.14. The molecule has 0 atom stereocenters. The normalized spacial score (nSPS) is 11.2. The molecule has 0 saturated heterocycles. The minimum absolute atomic E-state index is 0.710. The number of pyridine rings is 1. The number of hydrogen-bond acceptors (Lipinski definition) is 4. The first kappa shape index (κ1) is 11.4. The van der Waals surface area contributed by atoms with Crippen LogP contribution in [0, 0.1) is 0 Å². The van der Waals surface area contributed by atoms with E-state index in [0.717, 1.165) is 16.6 Å². The molecule has 3 rings (SSSR count). The van der Waals surface area contributed by atoms with Crippen molar-refractivity contribution >= 4 is 23.2 Å². The highest BCUT2D eigenvalue weighted by atomic mass is 15.4. The molecule has 0 spiro atoms. The molecule has 0 aliphatic heterocycles. The number of benzene rings is 1. The maximum Gasteiger partial charge on any atom is 0.224 e. The third kappa shape index (κ3) is 2.30. The lowest BCUT2D eigenvalue weighted by Gasteiger charge is -2.00. The summed E-state index contributed by atoms with van der Waals surface area (Å²) in [6.45, 7) is 0. The number of rotatable bonds is 3. The quantitative estimate of drug-likeness (QED) is 0.574. The van der Waals surface area contributed by atoms with Crippen LogP contribution in [0.4, 0.5) is 5.95 Å². The molecule has 0 aliphatic carbocycles. The van der Waals surface area contributed by atoms with Crippen LogP contribution in [0.15, 0.2) is 53.9 Å². The number of aryl methyl sites for hydroxylation is 1. The Morgan fingerprint density at radius 1 is 1.21 bits per heavy atom. The first-order valence-electron chi connectivity index (χ1n) is 5.95. The molecule has 1 N–H and O–H groups in total. The van der Waals surface area contributed by atoms with Crippen molar-refractivity contribution in [2.75, 3.05) is 5.43 Å². The monoisotopic (exact) mass is 251 g/mol. The zero-order valence-electron chi connectivity index (χ0n) is 10.5. The third-order valence-electron chi connectivity index (χ3n) is 2.85. The highest BCUT2D eigenvalue weighted by molar-refractivity contribution is 5.81. The summed E-state index contributed by atoms with van der Waals surface area (Å²) in [5.74, 6) is 0.710. The zero-order chi connectivity index (χ0) is 13.1. The van der Waals surface area contributed by atoms with Crippen molar-refractivity contribution in [3.8, 4) is 0 Å². The highest BCUT2D eigenvalue weighted by Crippen LogP contribution is 2.17. The molecule has 0 aliphatic rings. The van der Waals surface area contributed by atoms with Crippen molar-refractivity contribution in [1.29, 1.82) is 0 Å². The lowest BCUT2D eigenvalue weighted by molar-refractivity contribution is 0.943. The largest absolute Gasteiger partial charge is 0.312 e. The number of nitrogens with zero attached hydrogens (tertiary/aromatic N) is 4. The van der Waals surface area contributed by atoms with Gasteiger partial charge in [-0.15, -0.1) is 0 Å². The van der Waals surface area contributed by atoms with Gasteiger partial charge >= 0.3 is 0 Å². The summed E-state index contributed by atoms with van der Waals surface area (Å²) in [7, 11) is 1.96. The summed E-state index contributed by atoms with van der Waals surface area (Å²) >= 11 is 0. The molecule has 1 aromatic carbocycles. The average molecular weight is 251 g/mol. The van der Waals surface area contributed by atoms with Gasteiger partial charge in [-0.25, -0.2) is 10.4 Å². The maximum absolute atomic E-state index is 4.47. The first-order valence-corrected chi connectivity index (χ1v) is 5.95. The van der Waals surface area contributed by atoms with Gasteiger partial charge in [0.25, 0.3) is 0 Å². The number of fused-ring (bicyclic) bond motifs is 1. The van der Waals surface area contributed by atoms with Crippen LogP contribution in [0.5, 0.6) is 0 Å². The number of aromatic nitrogens is 3. The van der Waals surface area contributed by atoms with E-state index < -0.39 is 0 Å². The zero-order valence-corrected chi connectivity index (χ0v) is 10.5. The summed E-state index contributed by atoms with van der Waals surface area (Å²) in [5, 5.41) is 4.17. The van der Waals surface area contributed by atoms with Crippen LogP contribution in [0.2, 0.25) is 0 Å². The highest BCUT2D eigenvalue weighted by Gasteiger charge is 2.04. The van der Waals surface area contributed by atoms with Crippen molar-refractivity contribution < 1.29 is 0 Å².